The molecule has 96 valence electrons. The summed E-state index contributed by atoms with van der Waals surface area (Å²) in [7, 11) is 2.16. The minimum Gasteiger partial charge on any atom is -0.352 e. The molecular formula is C13H23N3O. The zero-order valence-corrected chi connectivity index (χ0v) is 10.9. The van der Waals surface area contributed by atoms with Crippen LogP contribution in [0.15, 0.2) is 11.1 Å². The molecule has 0 unspecified atom stereocenters. The van der Waals surface area contributed by atoms with Crippen LogP contribution in [0.5, 0.6) is 0 Å². The van der Waals surface area contributed by atoms with Crippen molar-refractivity contribution in [2.24, 2.45) is 5.92 Å². The molecule has 2 N–H and O–H groups in total. The third-order valence-corrected chi connectivity index (χ3v) is 3.94. The number of rotatable bonds is 3. The minimum absolute atomic E-state index is 0.125. The van der Waals surface area contributed by atoms with Gasteiger partial charge in [-0.05, 0) is 51.4 Å². The molecule has 0 bridgehead atoms. The van der Waals surface area contributed by atoms with Crippen molar-refractivity contribution >= 4 is 5.91 Å². The number of carbonyl (C=O) groups is 1. The number of amides is 1. The van der Waals surface area contributed by atoms with Crippen molar-refractivity contribution in [3.8, 4) is 0 Å². The normalized spacial score (nSPS) is 22.1. The van der Waals surface area contributed by atoms with Gasteiger partial charge in [-0.2, -0.15) is 0 Å². The molecular weight excluding hydrogens is 214 g/mol. The van der Waals surface area contributed by atoms with Gasteiger partial charge in [-0.25, -0.2) is 0 Å². The van der Waals surface area contributed by atoms with Crippen LogP contribution < -0.4 is 10.6 Å². The van der Waals surface area contributed by atoms with Gasteiger partial charge in [0.1, 0.15) is 0 Å². The molecule has 0 atom stereocenters. The van der Waals surface area contributed by atoms with E-state index in [2.05, 4.69) is 22.6 Å². The molecule has 0 aliphatic carbocycles. The maximum atomic E-state index is 11.9. The number of nitrogens with zero attached hydrogens (tertiary/aromatic N) is 1. The van der Waals surface area contributed by atoms with E-state index in [4.69, 9.17) is 0 Å². The third-order valence-electron chi connectivity index (χ3n) is 3.94. The molecule has 2 fully saturated rings. The van der Waals surface area contributed by atoms with Gasteiger partial charge in [-0.15, -0.1) is 0 Å². The molecule has 0 aromatic carbocycles. The fourth-order valence-electron chi connectivity index (χ4n) is 2.31. The van der Waals surface area contributed by atoms with E-state index in [1.54, 1.807) is 0 Å². The number of piperidine rings is 1. The first-order valence-corrected chi connectivity index (χ1v) is 6.53. The predicted octanol–water partition coefficient (Wildman–Crippen LogP) is 0.364. The van der Waals surface area contributed by atoms with Crippen molar-refractivity contribution in [1.29, 1.82) is 0 Å². The Kier molecular flexibility index (Phi) is 4.18. The summed E-state index contributed by atoms with van der Waals surface area (Å²) in [6, 6.07) is 0. The molecule has 4 nitrogen and oxygen atoms in total. The zero-order valence-electron chi connectivity index (χ0n) is 10.9. The van der Waals surface area contributed by atoms with Gasteiger partial charge < -0.3 is 15.5 Å². The Morgan fingerprint density at radius 2 is 2.06 bits per heavy atom. The van der Waals surface area contributed by atoms with Crippen LogP contribution in [0.4, 0.5) is 0 Å². The van der Waals surface area contributed by atoms with Gasteiger partial charge in [0.15, 0.2) is 0 Å². The van der Waals surface area contributed by atoms with Gasteiger partial charge in [0.25, 0.3) is 0 Å². The van der Waals surface area contributed by atoms with Crippen molar-refractivity contribution in [2.75, 3.05) is 39.8 Å². The fourth-order valence-corrected chi connectivity index (χ4v) is 2.31. The Morgan fingerprint density at radius 3 is 2.59 bits per heavy atom. The second kappa shape index (κ2) is 5.65. The van der Waals surface area contributed by atoms with Gasteiger partial charge in [-0.1, -0.05) is 0 Å². The van der Waals surface area contributed by atoms with Crippen LogP contribution in [0, 0.1) is 5.92 Å². The maximum absolute atomic E-state index is 11.9. The van der Waals surface area contributed by atoms with E-state index in [9.17, 15) is 4.79 Å². The standard InChI is InChI=1S/C13H23N3O/c1-10(12-8-14-9-12)13(17)15-7-11-3-5-16(2)6-4-11/h11,14H,3-9H2,1-2H3,(H,15,17). The van der Waals surface area contributed by atoms with E-state index in [-0.39, 0.29) is 5.91 Å². The van der Waals surface area contributed by atoms with E-state index < -0.39 is 0 Å². The highest BCUT2D eigenvalue weighted by Gasteiger charge is 2.19. The quantitative estimate of drug-likeness (QED) is 0.697. The van der Waals surface area contributed by atoms with E-state index in [0.717, 1.165) is 38.3 Å². The number of carbonyl (C=O) groups excluding carboxylic acids is 1. The molecule has 4 heteroatoms. The molecule has 2 heterocycles. The molecule has 2 rings (SSSR count). The van der Waals surface area contributed by atoms with Gasteiger partial charge >= 0.3 is 0 Å². The van der Waals surface area contributed by atoms with Crippen LogP contribution in [-0.2, 0) is 4.79 Å². The number of hydrogen-bond acceptors (Lipinski definition) is 3. The first kappa shape index (κ1) is 12.6. The Morgan fingerprint density at radius 1 is 1.41 bits per heavy atom. The van der Waals surface area contributed by atoms with Crippen LogP contribution in [0.3, 0.4) is 0 Å². The summed E-state index contributed by atoms with van der Waals surface area (Å²) in [5, 5.41) is 6.24. The van der Waals surface area contributed by atoms with E-state index >= 15 is 0 Å². The Bertz CT molecular complexity index is 311. The highest BCUT2D eigenvalue weighted by Crippen LogP contribution is 2.15. The minimum atomic E-state index is 0.125. The number of nitrogens with one attached hydrogen (secondary N) is 2. The van der Waals surface area contributed by atoms with Crippen LogP contribution in [0.2, 0.25) is 0 Å². The number of hydrogen-bond donors (Lipinski definition) is 2. The van der Waals surface area contributed by atoms with Crippen molar-refractivity contribution in [1.82, 2.24) is 15.5 Å². The Labute approximate surface area is 103 Å². The van der Waals surface area contributed by atoms with Crippen LogP contribution in [0.1, 0.15) is 19.8 Å². The van der Waals surface area contributed by atoms with Crippen molar-refractivity contribution in [2.45, 2.75) is 19.8 Å². The lowest BCUT2D eigenvalue weighted by Crippen LogP contribution is -2.40. The van der Waals surface area contributed by atoms with Crippen LogP contribution >= 0.6 is 0 Å². The summed E-state index contributed by atoms with van der Waals surface area (Å²) < 4.78 is 0. The molecule has 2 saturated heterocycles. The highest BCUT2D eigenvalue weighted by atomic mass is 16.1. The molecule has 2 aliphatic rings. The fraction of sp³-hybridized carbons (Fsp3) is 0.769. The zero-order chi connectivity index (χ0) is 12.3. The average molecular weight is 237 g/mol. The summed E-state index contributed by atoms with van der Waals surface area (Å²) in [6.07, 6.45) is 2.40. The van der Waals surface area contributed by atoms with Gasteiger partial charge in [-0.3, -0.25) is 4.79 Å². The summed E-state index contributed by atoms with van der Waals surface area (Å²) in [5.74, 6) is 0.785. The molecule has 0 aromatic heterocycles. The van der Waals surface area contributed by atoms with Crippen LogP contribution in [0.25, 0.3) is 0 Å². The van der Waals surface area contributed by atoms with Gasteiger partial charge in [0, 0.05) is 25.2 Å². The lowest BCUT2D eigenvalue weighted by atomic mass is 9.97. The smallest absolute Gasteiger partial charge is 0.246 e. The van der Waals surface area contributed by atoms with E-state index in [0.29, 0.717) is 5.92 Å². The SMILES string of the molecule is CC(C(=O)NCC1CCN(C)CC1)=C1CNC1. The summed E-state index contributed by atoms with van der Waals surface area (Å²) in [6.45, 7) is 6.85. The lowest BCUT2D eigenvalue weighted by molar-refractivity contribution is -0.117. The van der Waals surface area contributed by atoms with Gasteiger partial charge in [0.2, 0.25) is 5.91 Å². The van der Waals surface area contributed by atoms with Crippen molar-refractivity contribution in [3.63, 3.8) is 0 Å². The molecule has 0 saturated carbocycles. The Hall–Kier alpha value is -0.870. The topological polar surface area (TPSA) is 44.4 Å². The first-order valence-electron chi connectivity index (χ1n) is 6.53. The highest BCUT2D eigenvalue weighted by molar-refractivity contribution is 5.93. The second-order valence-corrected chi connectivity index (χ2v) is 5.29. The molecule has 17 heavy (non-hydrogen) atoms. The summed E-state index contributed by atoms with van der Waals surface area (Å²) >= 11 is 0. The van der Waals surface area contributed by atoms with E-state index in [1.807, 2.05) is 6.92 Å². The summed E-state index contributed by atoms with van der Waals surface area (Å²) in [4.78, 5) is 14.2. The predicted molar refractivity (Wildman–Crippen MR) is 68.8 cm³/mol. The Balaban J connectivity index is 1.73. The monoisotopic (exact) mass is 237 g/mol. The number of likely N-dealkylation sites (tertiary alicyclic amines) is 1. The first-order chi connectivity index (χ1) is 8.16. The lowest BCUT2D eigenvalue weighted by Gasteiger charge is -2.29. The average Bonchev–Trinajstić information content (AvgIpc) is 2.25. The maximum Gasteiger partial charge on any atom is 0.246 e. The third kappa shape index (κ3) is 3.30. The van der Waals surface area contributed by atoms with Crippen LogP contribution in [-0.4, -0.2) is 50.6 Å². The van der Waals surface area contributed by atoms with E-state index in [1.165, 1.54) is 18.4 Å². The van der Waals surface area contributed by atoms with Crippen molar-refractivity contribution in [3.05, 3.63) is 11.1 Å². The molecule has 1 amide bonds. The van der Waals surface area contributed by atoms with Gasteiger partial charge in [0.05, 0.1) is 0 Å². The largest absolute Gasteiger partial charge is 0.352 e. The molecule has 0 spiro atoms. The molecule has 2 aliphatic heterocycles. The second-order valence-electron chi connectivity index (χ2n) is 5.29. The molecule has 0 aromatic rings. The van der Waals surface area contributed by atoms with Crippen molar-refractivity contribution < 1.29 is 4.79 Å². The summed E-state index contributed by atoms with van der Waals surface area (Å²) in [5.41, 5.74) is 2.17. The molecule has 0 radical (unpaired) electrons.